The quantitative estimate of drug-likeness (QED) is 0.691. The molecule has 2 aromatic rings. The summed E-state index contributed by atoms with van der Waals surface area (Å²) in [6.45, 7) is 4.35. The zero-order valence-electron chi connectivity index (χ0n) is 12.5. The van der Waals surface area contributed by atoms with Crippen LogP contribution in [0.5, 0.6) is 0 Å². The number of rotatable bonds is 4. The summed E-state index contributed by atoms with van der Waals surface area (Å²) in [5.74, 6) is 0.504. The van der Waals surface area contributed by atoms with Crippen LogP contribution in [0.25, 0.3) is 0 Å². The molecule has 0 aliphatic heterocycles. The molecule has 0 fully saturated rings. The fourth-order valence-corrected chi connectivity index (χ4v) is 1.88. The van der Waals surface area contributed by atoms with Crippen molar-refractivity contribution < 1.29 is 0 Å². The smallest absolute Gasteiger partial charge is 0.0859 e. The van der Waals surface area contributed by atoms with E-state index in [0.717, 1.165) is 17.1 Å². The van der Waals surface area contributed by atoms with Crippen molar-refractivity contribution in [1.29, 1.82) is 0 Å². The molecule has 0 atom stereocenters. The highest BCUT2D eigenvalue weighted by atomic mass is 15.1. The Morgan fingerprint density at radius 1 is 0.850 bits per heavy atom. The normalized spacial score (nSPS) is 11.2. The minimum Gasteiger partial charge on any atom is -0.378 e. The minimum atomic E-state index is 0.504. The predicted molar refractivity (Wildman–Crippen MR) is 85.5 cm³/mol. The number of nitrogens with zero attached hydrogens (tertiary/aromatic N) is 3. The van der Waals surface area contributed by atoms with Gasteiger partial charge in [0.15, 0.2) is 0 Å². The highest BCUT2D eigenvalue weighted by Crippen LogP contribution is 2.24. The van der Waals surface area contributed by atoms with Gasteiger partial charge in [0.05, 0.1) is 11.4 Å². The molecule has 2 aromatic carbocycles. The van der Waals surface area contributed by atoms with Gasteiger partial charge in [-0.15, -0.1) is 0 Å². The molecular weight excluding hydrogens is 246 g/mol. The SMILES string of the molecule is CC(C)c1cccc(N=Nc2ccc(N(C)C)cc2)c1. The lowest BCUT2D eigenvalue weighted by Crippen LogP contribution is -2.07. The molecule has 0 saturated heterocycles. The van der Waals surface area contributed by atoms with Crippen LogP contribution in [0, 0.1) is 0 Å². The van der Waals surface area contributed by atoms with E-state index in [-0.39, 0.29) is 0 Å². The van der Waals surface area contributed by atoms with Crippen molar-refractivity contribution in [3.8, 4) is 0 Å². The summed E-state index contributed by atoms with van der Waals surface area (Å²) in [5.41, 5.74) is 4.20. The second kappa shape index (κ2) is 6.33. The van der Waals surface area contributed by atoms with Crippen LogP contribution in [0.3, 0.4) is 0 Å². The van der Waals surface area contributed by atoms with Crippen molar-refractivity contribution in [2.24, 2.45) is 10.2 Å². The number of anilines is 1. The van der Waals surface area contributed by atoms with Gasteiger partial charge in [-0.3, -0.25) is 0 Å². The third kappa shape index (κ3) is 3.67. The van der Waals surface area contributed by atoms with Crippen molar-refractivity contribution in [2.45, 2.75) is 19.8 Å². The molecular formula is C17H21N3. The second-order valence-corrected chi connectivity index (χ2v) is 5.36. The molecule has 0 amide bonds. The van der Waals surface area contributed by atoms with E-state index in [2.05, 4.69) is 41.1 Å². The third-order valence-electron chi connectivity index (χ3n) is 3.18. The Hall–Kier alpha value is -2.16. The van der Waals surface area contributed by atoms with Gasteiger partial charge in [0, 0.05) is 19.8 Å². The Kier molecular flexibility index (Phi) is 4.51. The van der Waals surface area contributed by atoms with Crippen LogP contribution in [0.4, 0.5) is 17.1 Å². The number of benzene rings is 2. The lowest BCUT2D eigenvalue weighted by molar-refractivity contribution is 0.866. The van der Waals surface area contributed by atoms with Crippen molar-refractivity contribution >= 4 is 17.1 Å². The van der Waals surface area contributed by atoms with Crippen LogP contribution in [0.15, 0.2) is 58.8 Å². The second-order valence-electron chi connectivity index (χ2n) is 5.36. The van der Waals surface area contributed by atoms with Crippen LogP contribution in [0.2, 0.25) is 0 Å². The summed E-state index contributed by atoms with van der Waals surface area (Å²) in [6, 6.07) is 16.2. The van der Waals surface area contributed by atoms with Gasteiger partial charge in [-0.25, -0.2) is 0 Å². The highest BCUT2D eigenvalue weighted by molar-refractivity contribution is 5.52. The molecule has 0 radical (unpaired) electrons. The molecule has 0 aliphatic carbocycles. The molecule has 0 spiro atoms. The van der Waals surface area contributed by atoms with Gasteiger partial charge in [0.25, 0.3) is 0 Å². The molecule has 0 bridgehead atoms. The Balaban J connectivity index is 2.14. The van der Waals surface area contributed by atoms with Crippen LogP contribution in [0.1, 0.15) is 25.3 Å². The van der Waals surface area contributed by atoms with Crippen molar-refractivity contribution in [2.75, 3.05) is 19.0 Å². The van der Waals surface area contributed by atoms with E-state index >= 15 is 0 Å². The van der Waals surface area contributed by atoms with E-state index in [9.17, 15) is 0 Å². The highest BCUT2D eigenvalue weighted by Gasteiger charge is 1.99. The molecule has 104 valence electrons. The number of hydrogen-bond donors (Lipinski definition) is 0. The first-order valence-corrected chi connectivity index (χ1v) is 6.85. The Morgan fingerprint density at radius 2 is 1.50 bits per heavy atom. The Labute approximate surface area is 121 Å². The first kappa shape index (κ1) is 14.3. The topological polar surface area (TPSA) is 28.0 Å². The van der Waals surface area contributed by atoms with E-state index < -0.39 is 0 Å². The summed E-state index contributed by atoms with van der Waals surface area (Å²) in [7, 11) is 4.04. The van der Waals surface area contributed by atoms with Gasteiger partial charge in [-0.05, 0) is 47.9 Å². The zero-order chi connectivity index (χ0) is 14.5. The van der Waals surface area contributed by atoms with Gasteiger partial charge in [0.2, 0.25) is 0 Å². The van der Waals surface area contributed by atoms with Crippen LogP contribution in [-0.2, 0) is 0 Å². The number of hydrogen-bond acceptors (Lipinski definition) is 3. The Bertz CT molecular complexity index is 583. The third-order valence-corrected chi connectivity index (χ3v) is 3.18. The molecule has 0 aromatic heterocycles. The molecule has 0 N–H and O–H groups in total. The van der Waals surface area contributed by atoms with Gasteiger partial charge in [-0.2, -0.15) is 10.2 Å². The zero-order valence-corrected chi connectivity index (χ0v) is 12.5. The van der Waals surface area contributed by atoms with E-state index in [4.69, 9.17) is 0 Å². The summed E-state index contributed by atoms with van der Waals surface area (Å²) in [5, 5.41) is 8.59. The monoisotopic (exact) mass is 267 g/mol. The fraction of sp³-hybridized carbons (Fsp3) is 0.294. The molecule has 2 rings (SSSR count). The van der Waals surface area contributed by atoms with E-state index in [0.29, 0.717) is 5.92 Å². The summed E-state index contributed by atoms with van der Waals surface area (Å²) >= 11 is 0. The van der Waals surface area contributed by atoms with Gasteiger partial charge in [0.1, 0.15) is 0 Å². The molecule has 0 unspecified atom stereocenters. The standard InChI is InChI=1S/C17H21N3/c1-13(2)14-6-5-7-16(12-14)19-18-15-8-10-17(11-9-15)20(3)4/h5-13H,1-4H3. The summed E-state index contributed by atoms with van der Waals surface area (Å²) < 4.78 is 0. The molecule has 3 nitrogen and oxygen atoms in total. The lowest BCUT2D eigenvalue weighted by Gasteiger charge is -2.11. The van der Waals surface area contributed by atoms with Gasteiger partial charge < -0.3 is 4.90 Å². The first-order valence-electron chi connectivity index (χ1n) is 6.85. The molecule has 20 heavy (non-hydrogen) atoms. The van der Waals surface area contributed by atoms with Crippen LogP contribution < -0.4 is 4.90 Å². The van der Waals surface area contributed by atoms with Crippen molar-refractivity contribution in [3.63, 3.8) is 0 Å². The minimum absolute atomic E-state index is 0.504. The number of azo groups is 1. The average molecular weight is 267 g/mol. The average Bonchev–Trinajstić information content (AvgIpc) is 2.46. The maximum atomic E-state index is 4.31. The maximum absolute atomic E-state index is 4.31. The summed E-state index contributed by atoms with van der Waals surface area (Å²) in [4.78, 5) is 2.06. The molecule has 0 heterocycles. The van der Waals surface area contributed by atoms with Gasteiger partial charge in [-0.1, -0.05) is 26.0 Å². The Morgan fingerprint density at radius 3 is 2.10 bits per heavy atom. The summed E-state index contributed by atoms with van der Waals surface area (Å²) in [6.07, 6.45) is 0. The van der Waals surface area contributed by atoms with Crippen molar-refractivity contribution in [1.82, 2.24) is 0 Å². The molecule has 0 saturated carbocycles. The lowest BCUT2D eigenvalue weighted by atomic mass is 10.0. The van der Waals surface area contributed by atoms with E-state index in [1.54, 1.807) is 0 Å². The fourth-order valence-electron chi connectivity index (χ4n) is 1.88. The van der Waals surface area contributed by atoms with Crippen molar-refractivity contribution in [3.05, 3.63) is 54.1 Å². The van der Waals surface area contributed by atoms with E-state index in [1.807, 2.05) is 50.5 Å². The maximum Gasteiger partial charge on any atom is 0.0859 e. The molecule has 3 heteroatoms. The van der Waals surface area contributed by atoms with Gasteiger partial charge >= 0.3 is 0 Å². The van der Waals surface area contributed by atoms with E-state index in [1.165, 1.54) is 5.56 Å². The molecule has 0 aliphatic rings. The van der Waals surface area contributed by atoms with Crippen LogP contribution in [-0.4, -0.2) is 14.1 Å². The largest absolute Gasteiger partial charge is 0.378 e. The first-order chi connectivity index (χ1) is 9.56. The predicted octanol–water partition coefficient (Wildman–Crippen LogP) is 5.29. The van der Waals surface area contributed by atoms with Crippen LogP contribution >= 0.6 is 0 Å².